The van der Waals surface area contributed by atoms with Gasteiger partial charge in [0.25, 0.3) is 0 Å². The van der Waals surface area contributed by atoms with Crippen LogP contribution in [-0.2, 0) is 9.84 Å². The van der Waals surface area contributed by atoms with Gasteiger partial charge in [-0.2, -0.15) is 0 Å². The van der Waals surface area contributed by atoms with Crippen molar-refractivity contribution in [2.45, 2.75) is 59.0 Å². The lowest BCUT2D eigenvalue weighted by atomic mass is 10.1. The number of hydrogen-bond donors (Lipinski definition) is 1. The van der Waals surface area contributed by atoms with E-state index in [-0.39, 0.29) is 29.6 Å². The molecular weight excluding hydrogens is 276 g/mol. The summed E-state index contributed by atoms with van der Waals surface area (Å²) in [5.74, 6) is 0.623. The fraction of sp³-hybridized carbons (Fsp3) is 0.929. The van der Waals surface area contributed by atoms with Crippen LogP contribution in [0.3, 0.4) is 0 Å². The van der Waals surface area contributed by atoms with E-state index in [1.54, 1.807) is 13.8 Å². The van der Waals surface area contributed by atoms with Gasteiger partial charge in [0.15, 0.2) is 9.84 Å². The van der Waals surface area contributed by atoms with Crippen molar-refractivity contribution >= 4 is 15.9 Å². The second-order valence-electron chi connectivity index (χ2n) is 6.09. The maximum atomic E-state index is 12.3. The first kappa shape index (κ1) is 17.3. The van der Waals surface area contributed by atoms with Crippen molar-refractivity contribution in [2.24, 2.45) is 5.92 Å². The minimum absolute atomic E-state index is 0.00696. The summed E-state index contributed by atoms with van der Waals surface area (Å²) in [7, 11) is -3.06. The fourth-order valence-electron chi connectivity index (χ4n) is 2.64. The topological polar surface area (TPSA) is 66.5 Å². The Morgan fingerprint density at radius 1 is 1.35 bits per heavy atom. The summed E-state index contributed by atoms with van der Waals surface area (Å²) in [6, 6.07) is -0.266. The number of hydrogen-bond acceptors (Lipinski definition) is 3. The summed E-state index contributed by atoms with van der Waals surface area (Å²) in [6.45, 7) is 8.34. The van der Waals surface area contributed by atoms with Gasteiger partial charge in [-0.3, -0.25) is 0 Å². The van der Waals surface area contributed by atoms with Crippen LogP contribution in [0.5, 0.6) is 0 Å². The highest BCUT2D eigenvalue weighted by molar-refractivity contribution is 7.91. The molecule has 1 fully saturated rings. The average Bonchev–Trinajstić information content (AvgIpc) is 2.50. The average molecular weight is 304 g/mol. The highest BCUT2D eigenvalue weighted by atomic mass is 32.2. The SMILES string of the molecule is CCS(=O)(=O)C[C@H](C)NC(=O)N1C[C@@H](C)CCC[C@@H]1C. The van der Waals surface area contributed by atoms with Gasteiger partial charge in [0.2, 0.25) is 0 Å². The van der Waals surface area contributed by atoms with Crippen LogP contribution in [0, 0.1) is 5.92 Å². The van der Waals surface area contributed by atoms with Crippen molar-refractivity contribution in [3.63, 3.8) is 0 Å². The van der Waals surface area contributed by atoms with Gasteiger partial charge in [-0.15, -0.1) is 0 Å². The molecule has 1 heterocycles. The minimum atomic E-state index is -3.06. The summed E-state index contributed by atoms with van der Waals surface area (Å²) in [4.78, 5) is 14.2. The van der Waals surface area contributed by atoms with E-state index in [1.165, 1.54) is 0 Å². The molecule has 0 radical (unpaired) electrons. The van der Waals surface area contributed by atoms with Gasteiger partial charge in [0, 0.05) is 24.4 Å². The second kappa shape index (κ2) is 7.29. The zero-order valence-electron chi connectivity index (χ0n) is 13.1. The van der Waals surface area contributed by atoms with Gasteiger partial charge >= 0.3 is 6.03 Å². The van der Waals surface area contributed by atoms with Gasteiger partial charge < -0.3 is 10.2 Å². The Labute approximate surface area is 123 Å². The predicted molar refractivity (Wildman–Crippen MR) is 81.5 cm³/mol. The maximum Gasteiger partial charge on any atom is 0.317 e. The van der Waals surface area contributed by atoms with Crippen LogP contribution in [0.25, 0.3) is 0 Å². The van der Waals surface area contributed by atoms with Crippen molar-refractivity contribution in [3.05, 3.63) is 0 Å². The second-order valence-corrected chi connectivity index (χ2v) is 8.48. The molecule has 0 aliphatic carbocycles. The molecule has 0 spiro atoms. The monoisotopic (exact) mass is 304 g/mol. The standard InChI is InChI=1S/C14H28N2O3S/c1-5-20(18,19)10-12(3)15-14(17)16-9-11(2)7-6-8-13(16)4/h11-13H,5-10H2,1-4H3,(H,15,17)/t11-,12-,13-/m0/s1. The van der Waals surface area contributed by atoms with Gasteiger partial charge in [-0.1, -0.05) is 20.3 Å². The highest BCUT2D eigenvalue weighted by Crippen LogP contribution is 2.20. The molecule has 2 amide bonds. The number of amides is 2. The molecule has 0 unspecified atom stereocenters. The minimum Gasteiger partial charge on any atom is -0.335 e. The molecule has 0 aromatic carbocycles. The zero-order valence-corrected chi connectivity index (χ0v) is 13.9. The lowest BCUT2D eigenvalue weighted by molar-refractivity contribution is 0.171. The molecular formula is C14H28N2O3S. The van der Waals surface area contributed by atoms with Crippen LogP contribution in [0.4, 0.5) is 4.79 Å². The summed E-state index contributed by atoms with van der Waals surface area (Å²) in [5, 5.41) is 2.83. The van der Waals surface area contributed by atoms with Gasteiger partial charge in [-0.25, -0.2) is 13.2 Å². The van der Waals surface area contributed by atoms with Crippen LogP contribution >= 0.6 is 0 Å². The van der Waals surface area contributed by atoms with Crippen LogP contribution in [-0.4, -0.2) is 49.5 Å². The molecule has 6 heteroatoms. The molecule has 1 N–H and O–H groups in total. The molecule has 1 aliphatic heterocycles. The smallest absolute Gasteiger partial charge is 0.317 e. The number of likely N-dealkylation sites (tertiary alicyclic amines) is 1. The first-order valence-electron chi connectivity index (χ1n) is 7.52. The molecule has 0 saturated carbocycles. The van der Waals surface area contributed by atoms with Crippen molar-refractivity contribution < 1.29 is 13.2 Å². The third-order valence-electron chi connectivity index (χ3n) is 3.93. The Kier molecular flexibility index (Phi) is 6.30. The van der Waals surface area contributed by atoms with E-state index in [2.05, 4.69) is 19.2 Å². The quantitative estimate of drug-likeness (QED) is 0.864. The first-order chi connectivity index (χ1) is 9.25. The largest absolute Gasteiger partial charge is 0.335 e. The summed E-state index contributed by atoms with van der Waals surface area (Å²) >= 11 is 0. The third kappa shape index (κ3) is 5.31. The summed E-state index contributed by atoms with van der Waals surface area (Å²) < 4.78 is 23.1. The van der Waals surface area contributed by atoms with E-state index in [0.717, 1.165) is 25.8 Å². The van der Waals surface area contributed by atoms with Crippen molar-refractivity contribution in [1.82, 2.24) is 10.2 Å². The van der Waals surface area contributed by atoms with Gasteiger partial charge in [0.1, 0.15) is 0 Å². The van der Waals surface area contributed by atoms with E-state index in [1.807, 2.05) is 4.90 Å². The first-order valence-corrected chi connectivity index (χ1v) is 9.35. The van der Waals surface area contributed by atoms with Crippen LogP contribution in [0.1, 0.15) is 47.0 Å². The third-order valence-corrected chi connectivity index (χ3v) is 5.82. The molecule has 1 saturated heterocycles. The van der Waals surface area contributed by atoms with Crippen molar-refractivity contribution in [1.29, 1.82) is 0 Å². The summed E-state index contributed by atoms with van der Waals surface area (Å²) in [5.41, 5.74) is 0. The summed E-state index contributed by atoms with van der Waals surface area (Å²) in [6.07, 6.45) is 3.30. The number of urea groups is 1. The van der Waals surface area contributed by atoms with E-state index < -0.39 is 9.84 Å². The number of nitrogens with zero attached hydrogens (tertiary/aromatic N) is 1. The van der Waals surface area contributed by atoms with Crippen molar-refractivity contribution in [3.8, 4) is 0 Å². The molecule has 20 heavy (non-hydrogen) atoms. The molecule has 3 atom stereocenters. The number of sulfone groups is 1. The van der Waals surface area contributed by atoms with Gasteiger partial charge in [-0.05, 0) is 32.6 Å². The molecule has 1 aliphatic rings. The molecule has 0 aromatic rings. The molecule has 118 valence electrons. The number of carbonyl (C=O) groups is 1. The normalized spacial score (nSPS) is 25.9. The number of rotatable bonds is 4. The van der Waals surface area contributed by atoms with E-state index in [4.69, 9.17) is 0 Å². The Bertz CT molecular complexity index is 422. The fourth-order valence-corrected chi connectivity index (χ4v) is 3.72. The lowest BCUT2D eigenvalue weighted by Crippen LogP contribution is -2.50. The molecule has 0 aromatic heterocycles. The number of carbonyl (C=O) groups excluding carboxylic acids is 1. The number of nitrogens with one attached hydrogen (secondary N) is 1. The predicted octanol–water partition coefficient (Wildman–Crippen LogP) is 2.03. The Morgan fingerprint density at radius 3 is 2.60 bits per heavy atom. The Hall–Kier alpha value is -0.780. The molecule has 5 nitrogen and oxygen atoms in total. The van der Waals surface area contributed by atoms with E-state index in [9.17, 15) is 13.2 Å². The maximum absolute atomic E-state index is 12.3. The van der Waals surface area contributed by atoms with E-state index in [0.29, 0.717) is 5.92 Å². The highest BCUT2D eigenvalue weighted by Gasteiger charge is 2.26. The van der Waals surface area contributed by atoms with Crippen LogP contribution < -0.4 is 5.32 Å². The van der Waals surface area contributed by atoms with Crippen molar-refractivity contribution in [2.75, 3.05) is 18.1 Å². The Balaban J connectivity index is 2.60. The lowest BCUT2D eigenvalue weighted by Gasteiger charge is -2.30. The molecule has 1 rings (SSSR count). The zero-order chi connectivity index (χ0) is 15.3. The van der Waals surface area contributed by atoms with Crippen LogP contribution in [0.15, 0.2) is 0 Å². The molecule has 0 bridgehead atoms. The van der Waals surface area contributed by atoms with Crippen LogP contribution in [0.2, 0.25) is 0 Å². The van der Waals surface area contributed by atoms with Gasteiger partial charge in [0.05, 0.1) is 5.75 Å². The van der Waals surface area contributed by atoms with E-state index >= 15 is 0 Å². The Morgan fingerprint density at radius 2 is 2.00 bits per heavy atom.